The van der Waals surface area contributed by atoms with E-state index in [0.29, 0.717) is 5.75 Å². The smallest absolute Gasteiger partial charge is 0.307 e. The van der Waals surface area contributed by atoms with E-state index in [2.05, 4.69) is 18.2 Å². The van der Waals surface area contributed by atoms with E-state index < -0.39 is 5.97 Å². The van der Waals surface area contributed by atoms with Gasteiger partial charge in [0.1, 0.15) is 11.9 Å². The molecule has 108 valence electrons. The molecular weight excluding hydrogens is 264 g/mol. The number of hydrogen-bond donors (Lipinski definition) is 1. The molecular formula is C18H18O3. The number of ether oxygens (including phenoxy) is 1. The first-order valence-corrected chi connectivity index (χ1v) is 7.28. The summed E-state index contributed by atoms with van der Waals surface area (Å²) in [7, 11) is 0. The van der Waals surface area contributed by atoms with Gasteiger partial charge in [-0.2, -0.15) is 0 Å². The van der Waals surface area contributed by atoms with Gasteiger partial charge in [0.05, 0.1) is 6.42 Å². The first-order valence-electron chi connectivity index (χ1n) is 7.28. The first-order chi connectivity index (χ1) is 10.2. The quantitative estimate of drug-likeness (QED) is 0.928. The van der Waals surface area contributed by atoms with Gasteiger partial charge in [0.15, 0.2) is 0 Å². The van der Waals surface area contributed by atoms with E-state index in [0.717, 1.165) is 24.8 Å². The van der Waals surface area contributed by atoms with Crippen molar-refractivity contribution in [3.63, 3.8) is 0 Å². The molecule has 0 heterocycles. The molecule has 1 atom stereocenters. The number of para-hydroxylation sites is 1. The molecule has 1 N–H and O–H groups in total. The summed E-state index contributed by atoms with van der Waals surface area (Å²) in [6.45, 7) is 0. The monoisotopic (exact) mass is 282 g/mol. The molecule has 0 amide bonds. The van der Waals surface area contributed by atoms with Crippen molar-refractivity contribution in [1.82, 2.24) is 0 Å². The molecule has 0 aromatic heterocycles. The Morgan fingerprint density at radius 2 is 1.90 bits per heavy atom. The highest BCUT2D eigenvalue weighted by atomic mass is 16.5. The molecule has 0 spiro atoms. The van der Waals surface area contributed by atoms with Crippen LogP contribution in [0.5, 0.6) is 5.75 Å². The Balaban J connectivity index is 1.86. The number of carbonyl (C=O) groups is 1. The van der Waals surface area contributed by atoms with Gasteiger partial charge in [-0.05, 0) is 36.5 Å². The van der Waals surface area contributed by atoms with Crippen LogP contribution in [0.1, 0.15) is 35.6 Å². The Bertz CT molecular complexity index is 648. The zero-order chi connectivity index (χ0) is 14.7. The van der Waals surface area contributed by atoms with Gasteiger partial charge in [-0.25, -0.2) is 0 Å². The molecule has 0 aliphatic heterocycles. The number of carboxylic acid groups (broad SMARTS) is 1. The van der Waals surface area contributed by atoms with Crippen molar-refractivity contribution in [3.05, 3.63) is 65.2 Å². The molecule has 21 heavy (non-hydrogen) atoms. The van der Waals surface area contributed by atoms with Crippen molar-refractivity contribution in [2.75, 3.05) is 0 Å². The molecule has 2 aromatic carbocycles. The average molecular weight is 282 g/mol. The van der Waals surface area contributed by atoms with E-state index in [1.165, 1.54) is 11.1 Å². The fraction of sp³-hybridized carbons (Fsp3) is 0.278. The van der Waals surface area contributed by atoms with Crippen LogP contribution in [0.2, 0.25) is 0 Å². The standard InChI is InChI=1S/C18H18O3/c19-18(20)12-14-7-2-4-10-16(14)21-17-11-5-8-13-6-1-3-9-15(13)17/h1-4,6-7,9-10,17H,5,8,11-12H2,(H,19,20). The molecule has 1 aliphatic rings. The summed E-state index contributed by atoms with van der Waals surface area (Å²) in [5.74, 6) is -0.156. The van der Waals surface area contributed by atoms with Gasteiger partial charge >= 0.3 is 5.97 Å². The zero-order valence-electron chi connectivity index (χ0n) is 11.8. The van der Waals surface area contributed by atoms with Crippen molar-refractivity contribution in [2.24, 2.45) is 0 Å². The second-order valence-corrected chi connectivity index (χ2v) is 5.38. The minimum absolute atomic E-state index is 0.00938. The summed E-state index contributed by atoms with van der Waals surface area (Å²) in [4.78, 5) is 11.0. The summed E-state index contributed by atoms with van der Waals surface area (Å²) < 4.78 is 6.15. The van der Waals surface area contributed by atoms with Crippen LogP contribution in [0, 0.1) is 0 Å². The van der Waals surface area contributed by atoms with Crippen molar-refractivity contribution in [3.8, 4) is 5.75 Å². The molecule has 0 fully saturated rings. The molecule has 0 radical (unpaired) electrons. The van der Waals surface area contributed by atoms with Gasteiger partial charge < -0.3 is 9.84 Å². The predicted octanol–water partition coefficient (Wildman–Crippen LogP) is 3.77. The van der Waals surface area contributed by atoms with Gasteiger partial charge in [0.2, 0.25) is 0 Å². The fourth-order valence-electron chi connectivity index (χ4n) is 2.91. The third-order valence-electron chi connectivity index (χ3n) is 3.90. The fourth-order valence-corrected chi connectivity index (χ4v) is 2.91. The molecule has 0 saturated carbocycles. The number of fused-ring (bicyclic) bond motifs is 1. The number of aliphatic carboxylic acids is 1. The van der Waals surface area contributed by atoms with Crippen molar-refractivity contribution in [1.29, 1.82) is 0 Å². The van der Waals surface area contributed by atoms with E-state index in [-0.39, 0.29) is 12.5 Å². The summed E-state index contributed by atoms with van der Waals surface area (Å²) in [6, 6.07) is 15.7. The first kappa shape index (κ1) is 13.7. The molecule has 0 bridgehead atoms. The second-order valence-electron chi connectivity index (χ2n) is 5.38. The Kier molecular flexibility index (Phi) is 3.91. The molecule has 1 aliphatic carbocycles. The normalized spacial score (nSPS) is 17.0. The largest absolute Gasteiger partial charge is 0.485 e. The van der Waals surface area contributed by atoms with Gasteiger partial charge in [0, 0.05) is 5.56 Å². The van der Waals surface area contributed by atoms with E-state index in [9.17, 15) is 4.79 Å². The number of rotatable bonds is 4. The topological polar surface area (TPSA) is 46.5 Å². The molecule has 1 unspecified atom stereocenters. The zero-order valence-corrected chi connectivity index (χ0v) is 11.8. The Morgan fingerprint density at radius 1 is 1.14 bits per heavy atom. The lowest BCUT2D eigenvalue weighted by atomic mass is 9.89. The van der Waals surface area contributed by atoms with Crippen LogP contribution in [-0.2, 0) is 17.6 Å². The van der Waals surface area contributed by atoms with E-state index in [1.807, 2.05) is 30.3 Å². The summed E-state index contributed by atoms with van der Waals surface area (Å²) >= 11 is 0. The van der Waals surface area contributed by atoms with Gasteiger partial charge in [0.25, 0.3) is 0 Å². The summed E-state index contributed by atoms with van der Waals surface area (Å²) in [6.07, 6.45) is 3.17. The van der Waals surface area contributed by atoms with Crippen molar-refractivity contribution in [2.45, 2.75) is 31.8 Å². The maximum absolute atomic E-state index is 11.0. The Hall–Kier alpha value is -2.29. The second kappa shape index (κ2) is 6.00. The van der Waals surface area contributed by atoms with Crippen LogP contribution >= 0.6 is 0 Å². The summed E-state index contributed by atoms with van der Waals surface area (Å²) in [5.41, 5.74) is 3.30. The molecule has 0 saturated heterocycles. The average Bonchev–Trinajstić information content (AvgIpc) is 2.49. The van der Waals surface area contributed by atoms with Crippen LogP contribution in [-0.4, -0.2) is 11.1 Å². The molecule has 3 nitrogen and oxygen atoms in total. The third-order valence-corrected chi connectivity index (χ3v) is 3.90. The van der Waals surface area contributed by atoms with Crippen LogP contribution < -0.4 is 4.74 Å². The van der Waals surface area contributed by atoms with Crippen LogP contribution in [0.3, 0.4) is 0 Å². The van der Waals surface area contributed by atoms with Gasteiger partial charge in [-0.3, -0.25) is 4.79 Å². The lowest BCUT2D eigenvalue weighted by Gasteiger charge is -2.27. The van der Waals surface area contributed by atoms with Crippen LogP contribution in [0.15, 0.2) is 48.5 Å². The maximum atomic E-state index is 11.0. The Morgan fingerprint density at radius 3 is 2.76 bits per heavy atom. The van der Waals surface area contributed by atoms with Crippen LogP contribution in [0.25, 0.3) is 0 Å². The predicted molar refractivity (Wildman–Crippen MR) is 80.5 cm³/mol. The van der Waals surface area contributed by atoms with E-state index in [4.69, 9.17) is 9.84 Å². The molecule has 3 rings (SSSR count). The minimum atomic E-state index is -0.838. The van der Waals surface area contributed by atoms with E-state index in [1.54, 1.807) is 0 Å². The third kappa shape index (κ3) is 3.07. The maximum Gasteiger partial charge on any atom is 0.307 e. The highest BCUT2D eigenvalue weighted by Crippen LogP contribution is 2.34. The molecule has 3 heteroatoms. The van der Waals surface area contributed by atoms with Gasteiger partial charge in [-0.15, -0.1) is 0 Å². The van der Waals surface area contributed by atoms with E-state index >= 15 is 0 Å². The highest BCUT2D eigenvalue weighted by Gasteiger charge is 2.22. The number of aryl methyl sites for hydroxylation is 1. The summed E-state index contributed by atoms with van der Waals surface area (Å²) in [5, 5.41) is 9.00. The number of carboxylic acids is 1. The van der Waals surface area contributed by atoms with Crippen molar-refractivity contribution >= 4 is 5.97 Å². The lowest BCUT2D eigenvalue weighted by molar-refractivity contribution is -0.136. The molecule has 2 aromatic rings. The van der Waals surface area contributed by atoms with Crippen LogP contribution in [0.4, 0.5) is 0 Å². The lowest BCUT2D eigenvalue weighted by Crippen LogP contribution is -2.16. The highest BCUT2D eigenvalue weighted by molar-refractivity contribution is 5.71. The minimum Gasteiger partial charge on any atom is -0.485 e. The van der Waals surface area contributed by atoms with Crippen molar-refractivity contribution < 1.29 is 14.6 Å². The number of benzene rings is 2. The SMILES string of the molecule is O=C(O)Cc1ccccc1OC1CCCc2ccccc21. The van der Waals surface area contributed by atoms with Gasteiger partial charge in [-0.1, -0.05) is 42.5 Å². The number of hydrogen-bond acceptors (Lipinski definition) is 2. The Labute approximate surface area is 124 Å².